The van der Waals surface area contributed by atoms with Crippen LogP contribution in [0, 0.1) is 13.8 Å². The van der Waals surface area contributed by atoms with Gasteiger partial charge < -0.3 is 20.4 Å². The van der Waals surface area contributed by atoms with Crippen molar-refractivity contribution >= 4 is 34.8 Å². The lowest BCUT2D eigenvalue weighted by Gasteiger charge is -2.16. The highest BCUT2D eigenvalue weighted by molar-refractivity contribution is 5.96. The average molecular weight is 424 g/mol. The van der Waals surface area contributed by atoms with E-state index in [0.717, 1.165) is 40.4 Å². The number of quaternary nitrogens is 1. The van der Waals surface area contributed by atoms with Crippen molar-refractivity contribution in [1.29, 1.82) is 0 Å². The van der Waals surface area contributed by atoms with Crippen LogP contribution in [0.1, 0.15) is 30.4 Å². The van der Waals surface area contributed by atoms with Crippen LogP contribution in [0.15, 0.2) is 42.5 Å². The summed E-state index contributed by atoms with van der Waals surface area (Å²) < 4.78 is 0. The van der Waals surface area contributed by atoms with E-state index in [1.807, 2.05) is 63.4 Å². The lowest BCUT2D eigenvalue weighted by molar-refractivity contribution is -0.870. The van der Waals surface area contributed by atoms with Crippen molar-refractivity contribution in [1.82, 2.24) is 0 Å². The number of carbonyl (C=O) groups is 3. The highest BCUT2D eigenvalue weighted by atomic mass is 16.2. The van der Waals surface area contributed by atoms with Crippen molar-refractivity contribution in [3.63, 3.8) is 0 Å². The van der Waals surface area contributed by atoms with Gasteiger partial charge in [-0.1, -0.05) is 12.1 Å². The van der Waals surface area contributed by atoms with Crippen LogP contribution in [0.25, 0.3) is 0 Å². The van der Waals surface area contributed by atoms with Gasteiger partial charge in [0.2, 0.25) is 11.8 Å². The molecule has 0 aromatic heterocycles. The van der Waals surface area contributed by atoms with Gasteiger partial charge >= 0.3 is 0 Å². The predicted octanol–water partition coefficient (Wildman–Crippen LogP) is 1.91. The van der Waals surface area contributed by atoms with Crippen molar-refractivity contribution in [3.8, 4) is 0 Å². The summed E-state index contributed by atoms with van der Waals surface area (Å²) in [7, 11) is 1.90. The Morgan fingerprint density at radius 3 is 2.45 bits per heavy atom. The maximum absolute atomic E-state index is 12.3. The molecule has 7 heteroatoms. The molecule has 0 aliphatic carbocycles. The Hall–Kier alpha value is -3.19. The van der Waals surface area contributed by atoms with Crippen molar-refractivity contribution in [2.24, 2.45) is 0 Å². The number of hydrogen-bond acceptors (Lipinski definition) is 3. The van der Waals surface area contributed by atoms with E-state index in [2.05, 4.69) is 10.6 Å². The van der Waals surface area contributed by atoms with Crippen LogP contribution in [-0.4, -0.2) is 44.4 Å². The Labute approximate surface area is 183 Å². The van der Waals surface area contributed by atoms with Crippen molar-refractivity contribution in [2.75, 3.05) is 42.2 Å². The van der Waals surface area contributed by atoms with E-state index in [-0.39, 0.29) is 17.7 Å². The third kappa shape index (κ3) is 6.15. The molecule has 3 N–H and O–H groups in total. The molecule has 3 rings (SSSR count). The van der Waals surface area contributed by atoms with E-state index >= 15 is 0 Å². The van der Waals surface area contributed by atoms with Gasteiger partial charge in [-0.15, -0.1) is 0 Å². The summed E-state index contributed by atoms with van der Waals surface area (Å²) in [6.45, 7) is 5.59. The highest BCUT2D eigenvalue weighted by Gasteiger charge is 2.21. The molecule has 1 saturated heterocycles. The smallest absolute Gasteiger partial charge is 0.279 e. The third-order valence-corrected chi connectivity index (χ3v) is 5.66. The fourth-order valence-electron chi connectivity index (χ4n) is 3.64. The predicted molar refractivity (Wildman–Crippen MR) is 122 cm³/mol. The van der Waals surface area contributed by atoms with Crippen LogP contribution in [0.2, 0.25) is 0 Å². The maximum Gasteiger partial charge on any atom is 0.279 e. The van der Waals surface area contributed by atoms with Gasteiger partial charge in [0.1, 0.15) is 0 Å². The van der Waals surface area contributed by atoms with Crippen LogP contribution in [0.5, 0.6) is 0 Å². The minimum absolute atomic E-state index is 0.0707. The first-order valence-corrected chi connectivity index (χ1v) is 10.7. The molecule has 31 heavy (non-hydrogen) atoms. The van der Waals surface area contributed by atoms with Gasteiger partial charge in [0.25, 0.3) is 5.91 Å². The molecule has 2 aromatic rings. The fourth-order valence-corrected chi connectivity index (χ4v) is 3.64. The maximum atomic E-state index is 12.3. The Balaban J connectivity index is 1.42. The number of rotatable bonds is 8. The number of nitrogens with one attached hydrogen (secondary N) is 3. The first-order valence-electron chi connectivity index (χ1n) is 10.7. The van der Waals surface area contributed by atoms with Crippen molar-refractivity contribution in [2.45, 2.75) is 33.1 Å². The quantitative estimate of drug-likeness (QED) is 0.607. The minimum atomic E-state index is -0.0979. The second-order valence-corrected chi connectivity index (χ2v) is 8.17. The number of likely N-dealkylation sites (N-methyl/N-ethyl adjacent to an activating group) is 1. The summed E-state index contributed by atoms with van der Waals surface area (Å²) in [5.41, 5.74) is 4.59. The van der Waals surface area contributed by atoms with Gasteiger partial charge in [0.15, 0.2) is 6.54 Å². The largest absolute Gasteiger partial charge is 0.329 e. The van der Waals surface area contributed by atoms with Gasteiger partial charge in [0.05, 0.1) is 20.0 Å². The molecule has 2 aromatic carbocycles. The number of hydrogen-bond donors (Lipinski definition) is 3. The Morgan fingerprint density at radius 2 is 1.77 bits per heavy atom. The summed E-state index contributed by atoms with van der Waals surface area (Å²) in [6, 6.07) is 13.2. The molecule has 1 fully saturated rings. The molecular weight excluding hydrogens is 392 g/mol. The van der Waals surface area contributed by atoms with Crippen molar-refractivity contribution < 1.29 is 19.3 Å². The number of aryl methyl sites for hydroxylation is 1. The van der Waals surface area contributed by atoms with Gasteiger partial charge in [-0.3, -0.25) is 14.4 Å². The van der Waals surface area contributed by atoms with E-state index in [1.54, 1.807) is 4.90 Å². The summed E-state index contributed by atoms with van der Waals surface area (Å²) in [4.78, 5) is 39.2. The number of nitrogens with zero attached hydrogens (tertiary/aromatic N) is 1. The zero-order valence-electron chi connectivity index (χ0n) is 18.5. The Bertz CT molecular complexity index is 956. The zero-order valence-corrected chi connectivity index (χ0v) is 18.5. The molecule has 1 unspecified atom stereocenters. The molecular formula is C24H31N4O3+. The second kappa shape index (κ2) is 10.2. The number of benzene rings is 2. The summed E-state index contributed by atoms with van der Waals surface area (Å²) in [5, 5.41) is 5.83. The normalized spacial score (nSPS) is 14.4. The fraction of sp³-hybridized carbons (Fsp3) is 0.375. The number of carbonyl (C=O) groups excluding carboxylic acids is 3. The Morgan fingerprint density at radius 1 is 1.03 bits per heavy atom. The lowest BCUT2D eigenvalue weighted by atomic mass is 10.1. The van der Waals surface area contributed by atoms with Crippen LogP contribution < -0.4 is 20.4 Å². The van der Waals surface area contributed by atoms with Gasteiger partial charge in [0, 0.05) is 30.0 Å². The third-order valence-electron chi connectivity index (χ3n) is 5.66. The van der Waals surface area contributed by atoms with Gasteiger partial charge in [-0.2, -0.15) is 0 Å². The summed E-state index contributed by atoms with van der Waals surface area (Å²) in [6.07, 6.45) is 1.79. The van der Waals surface area contributed by atoms with E-state index in [1.165, 1.54) is 0 Å². The van der Waals surface area contributed by atoms with Crippen molar-refractivity contribution in [3.05, 3.63) is 53.6 Å². The van der Waals surface area contributed by atoms with E-state index in [9.17, 15) is 14.4 Å². The molecule has 164 valence electrons. The van der Waals surface area contributed by atoms with Crippen LogP contribution in [0.3, 0.4) is 0 Å². The first kappa shape index (κ1) is 22.5. The van der Waals surface area contributed by atoms with Gasteiger partial charge in [-0.05, 0) is 61.7 Å². The molecule has 1 atom stereocenters. The number of amides is 3. The average Bonchev–Trinajstić information content (AvgIpc) is 3.16. The monoisotopic (exact) mass is 423 g/mol. The number of anilines is 3. The molecule has 1 aliphatic heterocycles. The molecule has 0 saturated carbocycles. The molecule has 0 radical (unpaired) electrons. The van der Waals surface area contributed by atoms with Crippen LogP contribution in [0.4, 0.5) is 17.1 Å². The summed E-state index contributed by atoms with van der Waals surface area (Å²) in [5.74, 6) is -0.0256. The lowest BCUT2D eigenvalue weighted by Crippen LogP contribution is -3.10. The van der Waals surface area contributed by atoms with Crippen LogP contribution in [-0.2, 0) is 14.4 Å². The zero-order chi connectivity index (χ0) is 22.4. The molecule has 1 aliphatic rings. The molecule has 7 nitrogen and oxygen atoms in total. The van der Waals surface area contributed by atoms with E-state index in [0.29, 0.717) is 31.6 Å². The SMILES string of the molecule is Cc1cccc(NC(=O)C[NH+](C)CCC(=O)Nc2ccc(N3CCCC3=O)cc2)c1C. The molecule has 0 spiro atoms. The van der Waals surface area contributed by atoms with E-state index < -0.39 is 0 Å². The topological polar surface area (TPSA) is 82.9 Å². The highest BCUT2D eigenvalue weighted by Crippen LogP contribution is 2.23. The Kier molecular flexibility index (Phi) is 7.41. The van der Waals surface area contributed by atoms with E-state index in [4.69, 9.17) is 0 Å². The minimum Gasteiger partial charge on any atom is -0.329 e. The molecule has 3 amide bonds. The second-order valence-electron chi connectivity index (χ2n) is 8.17. The van der Waals surface area contributed by atoms with Crippen LogP contribution >= 0.6 is 0 Å². The first-order chi connectivity index (χ1) is 14.8. The molecule has 0 bridgehead atoms. The van der Waals surface area contributed by atoms with Gasteiger partial charge in [-0.25, -0.2) is 0 Å². The molecule has 1 heterocycles. The standard InChI is InChI=1S/C24H30N4O3/c1-17-6-4-7-21(18(17)2)26-23(30)16-27(3)15-13-22(29)25-19-9-11-20(12-10-19)28-14-5-8-24(28)31/h4,6-7,9-12H,5,8,13-16H2,1-3H3,(H,25,29)(H,26,30)/p+1. The summed E-state index contributed by atoms with van der Waals surface area (Å²) >= 11 is 0.